The monoisotopic (exact) mass is 320 g/mol. The van der Waals surface area contributed by atoms with E-state index in [9.17, 15) is 9.59 Å². The zero-order valence-corrected chi connectivity index (χ0v) is 13.4. The molecule has 22 heavy (non-hydrogen) atoms. The molecular weight excluding hydrogens is 300 g/mol. The molecule has 1 heterocycles. The van der Waals surface area contributed by atoms with E-state index >= 15 is 0 Å². The van der Waals surface area contributed by atoms with Gasteiger partial charge in [-0.2, -0.15) is 0 Å². The molecule has 1 spiro atoms. The summed E-state index contributed by atoms with van der Waals surface area (Å²) < 4.78 is 0. The maximum atomic E-state index is 12.8. The van der Waals surface area contributed by atoms with Crippen LogP contribution in [0.2, 0.25) is 5.02 Å². The summed E-state index contributed by atoms with van der Waals surface area (Å²) in [6, 6.07) is 7.00. The highest BCUT2D eigenvalue weighted by Gasteiger charge is 2.50. The predicted octanol–water partition coefficient (Wildman–Crippen LogP) is 3.87. The number of rotatable bonds is 2. The molecule has 1 N–H and O–H groups in total. The number of nitrogens with one attached hydrogen (secondary N) is 1. The predicted molar refractivity (Wildman–Crippen MR) is 85.6 cm³/mol. The first-order valence-corrected chi connectivity index (χ1v) is 8.37. The van der Waals surface area contributed by atoms with E-state index in [2.05, 4.69) is 5.32 Å². The summed E-state index contributed by atoms with van der Waals surface area (Å²) in [5.74, 6) is -0.0608. The van der Waals surface area contributed by atoms with Crippen LogP contribution < -0.4 is 5.32 Å². The third kappa shape index (κ3) is 2.98. The first kappa shape index (κ1) is 15.3. The van der Waals surface area contributed by atoms with Gasteiger partial charge in [-0.15, -0.1) is 0 Å². The molecule has 1 aliphatic carbocycles. The van der Waals surface area contributed by atoms with E-state index in [1.807, 2.05) is 12.1 Å². The number of benzene rings is 1. The van der Waals surface area contributed by atoms with Crippen molar-refractivity contribution in [2.45, 2.75) is 57.0 Å². The second-order valence-electron chi connectivity index (χ2n) is 6.30. The van der Waals surface area contributed by atoms with Crippen LogP contribution in [-0.2, 0) is 11.3 Å². The van der Waals surface area contributed by atoms with Gasteiger partial charge in [0.1, 0.15) is 5.54 Å². The van der Waals surface area contributed by atoms with Gasteiger partial charge in [-0.05, 0) is 30.5 Å². The van der Waals surface area contributed by atoms with Gasteiger partial charge in [0.25, 0.3) is 5.91 Å². The van der Waals surface area contributed by atoms with Crippen LogP contribution >= 0.6 is 11.6 Å². The van der Waals surface area contributed by atoms with E-state index in [0.29, 0.717) is 11.6 Å². The molecule has 0 atom stereocenters. The second kappa shape index (κ2) is 6.29. The standard InChI is InChI=1S/C17H21ClN2O2/c18-14-8-6-13(7-9-14)12-20-15(21)17(19-16(20)22)10-4-2-1-3-5-11-17/h6-9H,1-5,10-12H2,(H,19,22). The van der Waals surface area contributed by atoms with Crippen molar-refractivity contribution >= 4 is 23.5 Å². The summed E-state index contributed by atoms with van der Waals surface area (Å²) in [6.07, 6.45) is 7.03. The number of hydrogen-bond donors (Lipinski definition) is 1. The van der Waals surface area contributed by atoms with Crippen molar-refractivity contribution in [1.82, 2.24) is 10.2 Å². The normalized spacial score (nSPS) is 21.6. The number of urea groups is 1. The lowest BCUT2D eigenvalue weighted by Gasteiger charge is -2.28. The highest BCUT2D eigenvalue weighted by Crippen LogP contribution is 2.32. The summed E-state index contributed by atoms with van der Waals surface area (Å²) in [5, 5.41) is 3.63. The van der Waals surface area contributed by atoms with Crippen LogP contribution in [0.15, 0.2) is 24.3 Å². The van der Waals surface area contributed by atoms with Gasteiger partial charge in [-0.1, -0.05) is 55.8 Å². The summed E-state index contributed by atoms with van der Waals surface area (Å²) in [6.45, 7) is 0.309. The summed E-state index contributed by atoms with van der Waals surface area (Å²) in [7, 11) is 0. The average Bonchev–Trinajstić information content (AvgIpc) is 2.70. The van der Waals surface area contributed by atoms with Gasteiger partial charge < -0.3 is 5.32 Å². The molecule has 1 saturated heterocycles. The van der Waals surface area contributed by atoms with Crippen LogP contribution in [-0.4, -0.2) is 22.4 Å². The SMILES string of the molecule is O=C1NC2(CCCCCCC2)C(=O)N1Cc1ccc(Cl)cc1. The van der Waals surface area contributed by atoms with E-state index in [1.165, 1.54) is 11.3 Å². The van der Waals surface area contributed by atoms with Gasteiger partial charge in [0.15, 0.2) is 0 Å². The minimum atomic E-state index is -0.663. The van der Waals surface area contributed by atoms with Gasteiger partial charge in [-0.25, -0.2) is 4.79 Å². The van der Waals surface area contributed by atoms with Crippen LogP contribution in [0.3, 0.4) is 0 Å². The molecule has 0 radical (unpaired) electrons. The molecule has 1 aromatic carbocycles. The van der Waals surface area contributed by atoms with E-state index in [0.717, 1.165) is 44.1 Å². The van der Waals surface area contributed by atoms with Crippen molar-refractivity contribution in [3.63, 3.8) is 0 Å². The third-order valence-electron chi connectivity index (χ3n) is 4.71. The molecule has 0 bridgehead atoms. The molecule has 5 heteroatoms. The van der Waals surface area contributed by atoms with E-state index in [4.69, 9.17) is 11.6 Å². The zero-order chi connectivity index (χ0) is 15.6. The maximum absolute atomic E-state index is 12.8. The molecule has 0 aromatic heterocycles. The molecule has 0 unspecified atom stereocenters. The molecule has 118 valence electrons. The fourth-order valence-corrected chi connectivity index (χ4v) is 3.57. The van der Waals surface area contributed by atoms with E-state index in [-0.39, 0.29) is 11.9 Å². The second-order valence-corrected chi connectivity index (χ2v) is 6.73. The first-order chi connectivity index (χ1) is 10.6. The van der Waals surface area contributed by atoms with Gasteiger partial charge in [0.2, 0.25) is 0 Å². The van der Waals surface area contributed by atoms with Crippen molar-refractivity contribution in [1.29, 1.82) is 0 Å². The average molecular weight is 321 g/mol. The zero-order valence-electron chi connectivity index (χ0n) is 12.6. The minimum Gasteiger partial charge on any atom is -0.323 e. The van der Waals surface area contributed by atoms with Gasteiger partial charge >= 0.3 is 6.03 Å². The smallest absolute Gasteiger partial charge is 0.323 e. The van der Waals surface area contributed by atoms with Crippen LogP contribution in [0.1, 0.15) is 50.5 Å². The number of amides is 3. The molecule has 1 aromatic rings. The number of carbonyl (C=O) groups is 2. The van der Waals surface area contributed by atoms with Gasteiger partial charge in [0, 0.05) is 5.02 Å². The van der Waals surface area contributed by atoms with Gasteiger partial charge in [0.05, 0.1) is 6.54 Å². The van der Waals surface area contributed by atoms with E-state index in [1.54, 1.807) is 12.1 Å². The molecule has 4 nitrogen and oxygen atoms in total. The van der Waals surface area contributed by atoms with Crippen molar-refractivity contribution in [3.05, 3.63) is 34.9 Å². The number of imide groups is 1. The molecular formula is C17H21ClN2O2. The Balaban J connectivity index is 1.76. The lowest BCUT2D eigenvalue weighted by molar-refractivity contribution is -0.132. The summed E-state index contributed by atoms with van der Waals surface area (Å²) >= 11 is 5.88. The maximum Gasteiger partial charge on any atom is 0.325 e. The number of nitrogens with zero attached hydrogens (tertiary/aromatic N) is 1. The fraction of sp³-hybridized carbons (Fsp3) is 0.529. The first-order valence-electron chi connectivity index (χ1n) is 7.99. The quantitative estimate of drug-likeness (QED) is 0.841. The Bertz CT molecular complexity index is 563. The van der Waals surface area contributed by atoms with Crippen molar-refractivity contribution < 1.29 is 9.59 Å². The lowest BCUT2D eigenvalue weighted by atomic mass is 9.84. The van der Waals surface area contributed by atoms with Crippen molar-refractivity contribution in [2.75, 3.05) is 0 Å². The number of halogens is 1. The Labute approximate surface area is 135 Å². The molecule has 3 rings (SSSR count). The highest BCUT2D eigenvalue weighted by atomic mass is 35.5. The minimum absolute atomic E-state index is 0.0608. The molecule has 1 aliphatic heterocycles. The van der Waals surface area contributed by atoms with Crippen molar-refractivity contribution in [3.8, 4) is 0 Å². The van der Waals surface area contributed by atoms with Gasteiger partial charge in [-0.3, -0.25) is 9.69 Å². The molecule has 3 amide bonds. The lowest BCUT2D eigenvalue weighted by Crippen LogP contribution is -2.47. The third-order valence-corrected chi connectivity index (χ3v) is 4.96. The summed E-state index contributed by atoms with van der Waals surface area (Å²) in [5.41, 5.74) is 0.250. The highest BCUT2D eigenvalue weighted by molar-refractivity contribution is 6.30. The Morgan fingerprint density at radius 2 is 1.59 bits per heavy atom. The van der Waals surface area contributed by atoms with Crippen molar-refractivity contribution in [2.24, 2.45) is 0 Å². The molecule has 2 aliphatic rings. The van der Waals surface area contributed by atoms with Crippen LogP contribution in [0.4, 0.5) is 4.79 Å². The Morgan fingerprint density at radius 1 is 1.00 bits per heavy atom. The van der Waals surface area contributed by atoms with E-state index < -0.39 is 5.54 Å². The van der Waals surface area contributed by atoms with Crippen LogP contribution in [0.5, 0.6) is 0 Å². The molecule has 2 fully saturated rings. The Morgan fingerprint density at radius 3 is 2.23 bits per heavy atom. The Hall–Kier alpha value is -1.55. The largest absolute Gasteiger partial charge is 0.325 e. The van der Waals surface area contributed by atoms with Crippen LogP contribution in [0.25, 0.3) is 0 Å². The summed E-state index contributed by atoms with van der Waals surface area (Å²) in [4.78, 5) is 26.5. The topological polar surface area (TPSA) is 49.4 Å². The Kier molecular flexibility index (Phi) is 4.39. The fourth-order valence-electron chi connectivity index (χ4n) is 3.44. The molecule has 1 saturated carbocycles. The van der Waals surface area contributed by atoms with Crippen LogP contribution in [0, 0.1) is 0 Å². The number of hydrogen-bond acceptors (Lipinski definition) is 2. The number of carbonyl (C=O) groups excluding carboxylic acids is 2.